The van der Waals surface area contributed by atoms with Gasteiger partial charge in [0.1, 0.15) is 6.61 Å². The fourth-order valence-electron chi connectivity index (χ4n) is 2.95. The lowest BCUT2D eigenvalue weighted by atomic mass is 10.1. The molecule has 1 saturated heterocycles. The molecule has 1 aliphatic rings. The summed E-state index contributed by atoms with van der Waals surface area (Å²) in [5, 5.41) is 16.4. The van der Waals surface area contributed by atoms with Crippen LogP contribution in [0.2, 0.25) is 5.02 Å². The Morgan fingerprint density at radius 3 is 2.71 bits per heavy atom. The second-order valence-corrected chi connectivity index (χ2v) is 6.85. The summed E-state index contributed by atoms with van der Waals surface area (Å²) in [4.78, 5) is 12.4. The van der Waals surface area contributed by atoms with Gasteiger partial charge in [-0.2, -0.15) is 0 Å². The van der Waals surface area contributed by atoms with E-state index in [0.29, 0.717) is 48.3 Å². The van der Waals surface area contributed by atoms with Crippen LogP contribution in [-0.2, 0) is 6.61 Å². The number of benzene rings is 2. The Kier molecular flexibility index (Phi) is 8.38. The minimum absolute atomic E-state index is 0. The van der Waals surface area contributed by atoms with E-state index in [0.717, 1.165) is 5.56 Å². The first-order valence-electron chi connectivity index (χ1n) is 8.79. The number of carbonyl (C=O) groups is 1. The van der Waals surface area contributed by atoms with Crippen molar-refractivity contribution in [1.82, 2.24) is 10.6 Å². The quantitative estimate of drug-likeness (QED) is 0.633. The molecule has 2 atom stereocenters. The number of aliphatic hydroxyl groups is 1. The standard InChI is InChI=1S/C20H23ClN2O4.ClH/c1-26-19-8-13(20(25)23-10-15-9-22-11-17(15)24)6-7-18(19)27-12-14-4-2-3-5-16(14)21;/h2-8,15,17,22,24H,9-12H2,1H3,(H,23,25);1H. The lowest BCUT2D eigenvalue weighted by Crippen LogP contribution is -2.34. The molecule has 2 aromatic rings. The van der Waals surface area contributed by atoms with Crippen molar-refractivity contribution in [2.45, 2.75) is 12.7 Å². The van der Waals surface area contributed by atoms with Gasteiger partial charge >= 0.3 is 0 Å². The number of hydrogen-bond acceptors (Lipinski definition) is 5. The van der Waals surface area contributed by atoms with Gasteiger partial charge in [-0.3, -0.25) is 4.79 Å². The van der Waals surface area contributed by atoms with Crippen LogP contribution in [0.3, 0.4) is 0 Å². The molecule has 152 valence electrons. The van der Waals surface area contributed by atoms with Crippen LogP contribution in [0, 0.1) is 5.92 Å². The molecule has 3 N–H and O–H groups in total. The second-order valence-electron chi connectivity index (χ2n) is 6.44. The lowest BCUT2D eigenvalue weighted by molar-refractivity contribution is 0.0926. The Morgan fingerprint density at radius 1 is 1.25 bits per heavy atom. The number of carbonyl (C=O) groups excluding carboxylic acids is 1. The maximum absolute atomic E-state index is 12.4. The first-order chi connectivity index (χ1) is 13.1. The van der Waals surface area contributed by atoms with E-state index in [1.54, 1.807) is 18.2 Å². The highest BCUT2D eigenvalue weighted by Crippen LogP contribution is 2.29. The molecule has 0 saturated carbocycles. The van der Waals surface area contributed by atoms with Gasteiger partial charge in [0.05, 0.1) is 13.2 Å². The number of ether oxygens (including phenoxy) is 2. The van der Waals surface area contributed by atoms with Gasteiger partial charge in [0.2, 0.25) is 0 Å². The van der Waals surface area contributed by atoms with Crippen molar-refractivity contribution in [3.05, 3.63) is 58.6 Å². The van der Waals surface area contributed by atoms with E-state index in [1.165, 1.54) is 7.11 Å². The van der Waals surface area contributed by atoms with Gasteiger partial charge < -0.3 is 25.2 Å². The SMILES string of the molecule is COc1cc(C(=O)NCC2CNCC2O)ccc1OCc1ccccc1Cl.Cl. The molecule has 8 heteroatoms. The van der Waals surface area contributed by atoms with E-state index >= 15 is 0 Å². The van der Waals surface area contributed by atoms with Gasteiger partial charge in [-0.15, -0.1) is 12.4 Å². The average Bonchev–Trinajstić information content (AvgIpc) is 3.10. The van der Waals surface area contributed by atoms with Crippen LogP contribution in [0.25, 0.3) is 0 Å². The largest absolute Gasteiger partial charge is 0.493 e. The van der Waals surface area contributed by atoms with Gasteiger partial charge in [0.15, 0.2) is 11.5 Å². The Bertz CT molecular complexity index is 804. The van der Waals surface area contributed by atoms with Crippen molar-refractivity contribution in [1.29, 1.82) is 0 Å². The lowest BCUT2D eigenvalue weighted by Gasteiger charge is -2.15. The number of hydrogen-bond donors (Lipinski definition) is 3. The topological polar surface area (TPSA) is 79.8 Å². The molecule has 3 rings (SSSR count). The maximum atomic E-state index is 12.4. The number of amides is 1. The van der Waals surface area contributed by atoms with Crippen molar-refractivity contribution in [2.24, 2.45) is 5.92 Å². The van der Waals surface area contributed by atoms with Crippen molar-refractivity contribution < 1.29 is 19.4 Å². The average molecular weight is 427 g/mol. The van der Waals surface area contributed by atoms with Gasteiger partial charge in [0.25, 0.3) is 5.91 Å². The summed E-state index contributed by atoms with van der Waals surface area (Å²) in [5.41, 5.74) is 1.34. The number of nitrogens with one attached hydrogen (secondary N) is 2. The first-order valence-corrected chi connectivity index (χ1v) is 9.17. The molecule has 0 radical (unpaired) electrons. The number of aliphatic hydroxyl groups excluding tert-OH is 1. The second kappa shape index (κ2) is 10.5. The minimum atomic E-state index is -0.430. The number of rotatable bonds is 7. The van der Waals surface area contributed by atoms with Crippen LogP contribution in [-0.4, -0.2) is 43.9 Å². The third kappa shape index (κ3) is 5.52. The molecule has 0 aromatic heterocycles. The molecule has 2 aromatic carbocycles. The zero-order valence-corrected chi connectivity index (χ0v) is 17.1. The molecular formula is C20H24Cl2N2O4. The Morgan fingerprint density at radius 2 is 2.04 bits per heavy atom. The summed E-state index contributed by atoms with van der Waals surface area (Å²) in [7, 11) is 1.53. The van der Waals surface area contributed by atoms with Crippen LogP contribution in [0.1, 0.15) is 15.9 Å². The highest BCUT2D eigenvalue weighted by atomic mass is 35.5. The maximum Gasteiger partial charge on any atom is 0.251 e. The monoisotopic (exact) mass is 426 g/mol. The van der Waals surface area contributed by atoms with E-state index in [1.807, 2.05) is 24.3 Å². The van der Waals surface area contributed by atoms with E-state index in [4.69, 9.17) is 21.1 Å². The molecule has 1 fully saturated rings. The van der Waals surface area contributed by atoms with Crippen LogP contribution < -0.4 is 20.1 Å². The van der Waals surface area contributed by atoms with Crippen molar-refractivity contribution in [3.63, 3.8) is 0 Å². The first kappa shape index (κ1) is 22.3. The van der Waals surface area contributed by atoms with E-state index in [2.05, 4.69) is 10.6 Å². The molecule has 0 bridgehead atoms. The Hall–Kier alpha value is -1.99. The van der Waals surface area contributed by atoms with Crippen LogP contribution in [0.15, 0.2) is 42.5 Å². The molecular weight excluding hydrogens is 403 g/mol. The molecule has 0 spiro atoms. The van der Waals surface area contributed by atoms with E-state index in [-0.39, 0.29) is 24.2 Å². The number of methoxy groups -OCH3 is 1. The zero-order valence-electron chi connectivity index (χ0n) is 15.5. The predicted octanol–water partition coefficient (Wildman–Crippen LogP) is 2.66. The molecule has 1 heterocycles. The summed E-state index contributed by atoms with van der Waals surface area (Å²) in [6, 6.07) is 12.5. The van der Waals surface area contributed by atoms with Gasteiger partial charge in [-0.1, -0.05) is 29.8 Å². The van der Waals surface area contributed by atoms with Crippen LogP contribution in [0.5, 0.6) is 11.5 Å². The Labute approximate surface area is 175 Å². The zero-order chi connectivity index (χ0) is 19.2. The van der Waals surface area contributed by atoms with E-state index in [9.17, 15) is 9.90 Å². The third-order valence-electron chi connectivity index (χ3n) is 4.60. The summed E-state index contributed by atoms with van der Waals surface area (Å²) < 4.78 is 11.2. The summed E-state index contributed by atoms with van der Waals surface area (Å²) in [6.45, 7) is 1.97. The van der Waals surface area contributed by atoms with Gasteiger partial charge in [-0.25, -0.2) is 0 Å². The van der Waals surface area contributed by atoms with Crippen LogP contribution >= 0.6 is 24.0 Å². The summed E-state index contributed by atoms with van der Waals surface area (Å²) >= 11 is 6.14. The van der Waals surface area contributed by atoms with Gasteiger partial charge in [-0.05, 0) is 24.3 Å². The molecule has 0 aliphatic carbocycles. The highest BCUT2D eigenvalue weighted by Gasteiger charge is 2.25. The third-order valence-corrected chi connectivity index (χ3v) is 4.96. The summed E-state index contributed by atoms with van der Waals surface area (Å²) in [5.74, 6) is 0.806. The molecule has 28 heavy (non-hydrogen) atoms. The van der Waals surface area contributed by atoms with E-state index < -0.39 is 6.10 Å². The predicted molar refractivity (Wildman–Crippen MR) is 111 cm³/mol. The minimum Gasteiger partial charge on any atom is -0.493 e. The normalized spacial score (nSPS) is 18.2. The fraction of sp³-hybridized carbons (Fsp3) is 0.350. The summed E-state index contributed by atoms with van der Waals surface area (Å²) in [6.07, 6.45) is -0.430. The molecule has 1 aliphatic heterocycles. The molecule has 6 nitrogen and oxygen atoms in total. The number of halogens is 2. The van der Waals surface area contributed by atoms with Crippen molar-refractivity contribution >= 4 is 29.9 Å². The van der Waals surface area contributed by atoms with Gasteiger partial charge in [0, 0.05) is 41.7 Å². The fourth-order valence-corrected chi connectivity index (χ4v) is 3.14. The smallest absolute Gasteiger partial charge is 0.251 e. The van der Waals surface area contributed by atoms with Crippen molar-refractivity contribution in [2.75, 3.05) is 26.7 Å². The Balaban J connectivity index is 0.00000280. The number of β-amino-alcohol motifs (C(OH)–C–C–N with tert-alkyl or cyclic N) is 1. The van der Waals surface area contributed by atoms with Crippen LogP contribution in [0.4, 0.5) is 0 Å². The van der Waals surface area contributed by atoms with Crippen molar-refractivity contribution in [3.8, 4) is 11.5 Å². The highest BCUT2D eigenvalue weighted by molar-refractivity contribution is 6.31. The molecule has 2 unspecified atom stereocenters. The molecule has 1 amide bonds.